The molecule has 16 heavy (non-hydrogen) atoms. The smallest absolute Gasteiger partial charge is 0.197 e. The van der Waals surface area contributed by atoms with E-state index >= 15 is 0 Å². The molecule has 1 rings (SSSR count). The van der Waals surface area contributed by atoms with Crippen LogP contribution in [0.4, 0.5) is 4.39 Å². The topological polar surface area (TPSA) is 44.5 Å². The Labute approximate surface area is 95.4 Å². The van der Waals surface area contributed by atoms with Crippen LogP contribution in [0.5, 0.6) is 11.5 Å². The van der Waals surface area contributed by atoms with Crippen molar-refractivity contribution in [2.24, 2.45) is 5.73 Å². The molecule has 0 aliphatic rings. The van der Waals surface area contributed by atoms with E-state index in [1.54, 1.807) is 0 Å². The van der Waals surface area contributed by atoms with Crippen molar-refractivity contribution in [1.29, 1.82) is 0 Å². The van der Waals surface area contributed by atoms with E-state index in [2.05, 4.69) is 0 Å². The minimum atomic E-state index is -0.395. The van der Waals surface area contributed by atoms with E-state index in [1.165, 1.54) is 20.3 Å². The molecule has 2 N–H and O–H groups in total. The quantitative estimate of drug-likeness (QED) is 0.837. The zero-order valence-electron chi connectivity index (χ0n) is 9.97. The molecule has 0 atom stereocenters. The number of aryl methyl sites for hydroxylation is 1. The molecule has 0 saturated heterocycles. The highest BCUT2D eigenvalue weighted by atomic mass is 19.1. The van der Waals surface area contributed by atoms with Crippen LogP contribution in [0, 0.1) is 12.7 Å². The van der Waals surface area contributed by atoms with Crippen molar-refractivity contribution in [3.8, 4) is 11.5 Å². The zero-order valence-corrected chi connectivity index (χ0v) is 9.97. The Hall–Kier alpha value is -1.29. The van der Waals surface area contributed by atoms with Crippen molar-refractivity contribution in [3.05, 3.63) is 23.0 Å². The van der Waals surface area contributed by atoms with Gasteiger partial charge in [-0.1, -0.05) is 0 Å². The molecule has 0 unspecified atom stereocenters. The second-order valence-corrected chi connectivity index (χ2v) is 3.61. The molecule has 1 aromatic carbocycles. The predicted molar refractivity (Wildman–Crippen MR) is 61.6 cm³/mol. The van der Waals surface area contributed by atoms with Crippen LogP contribution in [0.15, 0.2) is 6.07 Å². The molecule has 0 aliphatic heterocycles. The first-order chi connectivity index (χ1) is 7.65. The van der Waals surface area contributed by atoms with Crippen LogP contribution in [0.2, 0.25) is 0 Å². The Bertz CT molecular complexity index is 367. The molecule has 1 aromatic rings. The van der Waals surface area contributed by atoms with Crippen LogP contribution >= 0.6 is 0 Å². The summed E-state index contributed by atoms with van der Waals surface area (Å²) in [5, 5.41) is 0. The molecule has 0 fully saturated rings. The maximum atomic E-state index is 13.6. The predicted octanol–water partition coefficient (Wildman–Crippen LogP) is 2.04. The number of nitrogens with two attached hydrogens (primary N) is 1. The van der Waals surface area contributed by atoms with Crippen molar-refractivity contribution >= 4 is 0 Å². The van der Waals surface area contributed by atoms with Crippen LogP contribution < -0.4 is 15.2 Å². The Morgan fingerprint density at radius 1 is 1.25 bits per heavy atom. The summed E-state index contributed by atoms with van der Waals surface area (Å²) in [6, 6.07) is 1.47. The van der Waals surface area contributed by atoms with Crippen LogP contribution in [0.3, 0.4) is 0 Å². The Kier molecular flexibility index (Phi) is 4.55. The number of hydrogen-bond acceptors (Lipinski definition) is 3. The van der Waals surface area contributed by atoms with Crippen LogP contribution in [0.1, 0.15) is 17.5 Å². The first-order valence-corrected chi connectivity index (χ1v) is 5.25. The number of methoxy groups -OCH3 is 2. The second-order valence-electron chi connectivity index (χ2n) is 3.61. The highest BCUT2D eigenvalue weighted by Gasteiger charge is 2.17. The number of ether oxygens (including phenoxy) is 2. The summed E-state index contributed by atoms with van der Waals surface area (Å²) in [6.45, 7) is 2.46. The number of hydrogen-bond donors (Lipinski definition) is 1. The molecule has 0 aromatic heterocycles. The SMILES string of the molecule is COc1c(F)cc(C)c(CCCN)c1OC. The lowest BCUT2D eigenvalue weighted by Gasteiger charge is -2.15. The van der Waals surface area contributed by atoms with Crippen LogP contribution in [-0.4, -0.2) is 20.8 Å². The summed E-state index contributed by atoms with van der Waals surface area (Å²) >= 11 is 0. The normalized spacial score (nSPS) is 10.3. The first-order valence-electron chi connectivity index (χ1n) is 5.25. The summed E-state index contributed by atoms with van der Waals surface area (Å²) in [6.07, 6.45) is 1.61. The van der Waals surface area contributed by atoms with Crippen molar-refractivity contribution in [3.63, 3.8) is 0 Å². The van der Waals surface area contributed by atoms with Gasteiger partial charge in [0, 0.05) is 5.56 Å². The minimum Gasteiger partial charge on any atom is -0.492 e. The lowest BCUT2D eigenvalue weighted by Crippen LogP contribution is -2.05. The molecule has 3 nitrogen and oxygen atoms in total. The average molecular weight is 227 g/mol. The molecule has 0 heterocycles. The zero-order chi connectivity index (χ0) is 12.1. The average Bonchev–Trinajstić information content (AvgIpc) is 2.27. The number of benzene rings is 1. The molecular weight excluding hydrogens is 209 g/mol. The summed E-state index contributed by atoms with van der Waals surface area (Å²) in [7, 11) is 2.95. The van der Waals surface area contributed by atoms with Gasteiger partial charge in [0.1, 0.15) is 0 Å². The third-order valence-corrected chi connectivity index (χ3v) is 2.56. The fraction of sp³-hybridized carbons (Fsp3) is 0.500. The summed E-state index contributed by atoms with van der Waals surface area (Å²) in [4.78, 5) is 0. The van der Waals surface area contributed by atoms with E-state index in [0.29, 0.717) is 12.3 Å². The van der Waals surface area contributed by atoms with Crippen molar-refractivity contribution < 1.29 is 13.9 Å². The Morgan fingerprint density at radius 2 is 1.88 bits per heavy atom. The van der Waals surface area contributed by atoms with E-state index in [9.17, 15) is 4.39 Å². The van der Waals surface area contributed by atoms with Gasteiger partial charge in [0.2, 0.25) is 0 Å². The lowest BCUT2D eigenvalue weighted by molar-refractivity contribution is 0.334. The number of rotatable bonds is 5. The van der Waals surface area contributed by atoms with Gasteiger partial charge in [0.15, 0.2) is 17.3 Å². The van der Waals surface area contributed by atoms with Gasteiger partial charge in [0.05, 0.1) is 14.2 Å². The van der Waals surface area contributed by atoms with Crippen molar-refractivity contribution in [1.82, 2.24) is 0 Å². The van der Waals surface area contributed by atoms with E-state index in [0.717, 1.165) is 24.0 Å². The summed E-state index contributed by atoms with van der Waals surface area (Å²) in [5.74, 6) is 0.252. The van der Waals surface area contributed by atoms with Gasteiger partial charge in [-0.05, 0) is 37.9 Å². The van der Waals surface area contributed by atoms with Crippen LogP contribution in [0.25, 0.3) is 0 Å². The molecule has 0 amide bonds. The standard InChI is InChI=1S/C12H18FNO2/c1-8-7-10(13)12(16-3)11(15-2)9(8)5-4-6-14/h7H,4-6,14H2,1-3H3. The fourth-order valence-corrected chi connectivity index (χ4v) is 1.76. The van der Waals surface area contributed by atoms with E-state index in [-0.39, 0.29) is 5.75 Å². The summed E-state index contributed by atoms with van der Waals surface area (Å²) < 4.78 is 23.8. The van der Waals surface area contributed by atoms with Gasteiger partial charge < -0.3 is 15.2 Å². The summed E-state index contributed by atoms with van der Waals surface area (Å²) in [5.41, 5.74) is 7.30. The van der Waals surface area contributed by atoms with Gasteiger partial charge >= 0.3 is 0 Å². The molecule has 0 saturated carbocycles. The molecule has 4 heteroatoms. The van der Waals surface area contributed by atoms with Gasteiger partial charge in [-0.15, -0.1) is 0 Å². The van der Waals surface area contributed by atoms with Gasteiger partial charge in [-0.25, -0.2) is 4.39 Å². The van der Waals surface area contributed by atoms with Gasteiger partial charge in [-0.2, -0.15) is 0 Å². The minimum absolute atomic E-state index is 0.167. The molecule has 0 aliphatic carbocycles. The van der Waals surface area contributed by atoms with E-state index in [1.807, 2.05) is 6.92 Å². The van der Waals surface area contributed by atoms with E-state index in [4.69, 9.17) is 15.2 Å². The maximum Gasteiger partial charge on any atom is 0.197 e. The molecule has 90 valence electrons. The van der Waals surface area contributed by atoms with Gasteiger partial charge in [-0.3, -0.25) is 0 Å². The Balaban J connectivity index is 3.22. The largest absolute Gasteiger partial charge is 0.492 e. The second kappa shape index (κ2) is 5.70. The monoisotopic (exact) mass is 227 g/mol. The van der Waals surface area contributed by atoms with Crippen molar-refractivity contribution in [2.45, 2.75) is 19.8 Å². The highest BCUT2D eigenvalue weighted by Crippen LogP contribution is 2.36. The molecule has 0 bridgehead atoms. The number of halogens is 1. The third kappa shape index (κ3) is 2.44. The Morgan fingerprint density at radius 3 is 2.38 bits per heavy atom. The van der Waals surface area contributed by atoms with E-state index < -0.39 is 5.82 Å². The maximum absolute atomic E-state index is 13.6. The van der Waals surface area contributed by atoms with Crippen LogP contribution in [-0.2, 0) is 6.42 Å². The molecular formula is C12H18FNO2. The molecule has 0 spiro atoms. The highest BCUT2D eigenvalue weighted by molar-refractivity contribution is 5.51. The molecule has 0 radical (unpaired) electrons. The van der Waals surface area contributed by atoms with Crippen molar-refractivity contribution in [2.75, 3.05) is 20.8 Å². The first kappa shape index (κ1) is 12.8. The third-order valence-electron chi connectivity index (χ3n) is 2.56. The lowest BCUT2D eigenvalue weighted by atomic mass is 10.0. The van der Waals surface area contributed by atoms with Gasteiger partial charge in [0.25, 0.3) is 0 Å². The fourth-order valence-electron chi connectivity index (χ4n) is 1.76.